The Bertz CT molecular complexity index is 653. The number of hydrogen-bond donors (Lipinski definition) is 1. The SMILES string of the molecule is COc1cc(OC)nc(NC(=O)Cc2c(Cl)cccc2Cl)n1. The van der Waals surface area contributed by atoms with E-state index in [9.17, 15) is 4.79 Å². The topological polar surface area (TPSA) is 73.3 Å². The van der Waals surface area contributed by atoms with Gasteiger partial charge in [-0.05, 0) is 17.7 Å². The van der Waals surface area contributed by atoms with Crippen molar-refractivity contribution in [2.24, 2.45) is 0 Å². The van der Waals surface area contributed by atoms with Gasteiger partial charge in [0.15, 0.2) is 0 Å². The van der Waals surface area contributed by atoms with Crippen molar-refractivity contribution in [2.45, 2.75) is 6.42 Å². The van der Waals surface area contributed by atoms with Gasteiger partial charge in [0.25, 0.3) is 0 Å². The van der Waals surface area contributed by atoms with Crippen LogP contribution in [0.15, 0.2) is 24.3 Å². The van der Waals surface area contributed by atoms with Gasteiger partial charge in [0.1, 0.15) is 0 Å². The molecular weight excluding hydrogens is 329 g/mol. The van der Waals surface area contributed by atoms with Gasteiger partial charge in [-0.15, -0.1) is 0 Å². The van der Waals surface area contributed by atoms with Crippen LogP contribution in [0.1, 0.15) is 5.56 Å². The van der Waals surface area contributed by atoms with Crippen LogP contribution in [0.4, 0.5) is 5.95 Å². The number of halogens is 2. The minimum absolute atomic E-state index is 0.00138. The van der Waals surface area contributed by atoms with Gasteiger partial charge in [-0.3, -0.25) is 10.1 Å². The van der Waals surface area contributed by atoms with E-state index < -0.39 is 0 Å². The van der Waals surface area contributed by atoms with Crippen molar-refractivity contribution in [2.75, 3.05) is 19.5 Å². The van der Waals surface area contributed by atoms with Crippen molar-refractivity contribution in [3.8, 4) is 11.8 Å². The molecule has 0 atom stereocenters. The summed E-state index contributed by atoms with van der Waals surface area (Å²) in [5.41, 5.74) is 0.540. The average Bonchev–Trinajstić information content (AvgIpc) is 2.50. The fraction of sp³-hybridized carbons (Fsp3) is 0.214. The van der Waals surface area contributed by atoms with Crippen LogP contribution < -0.4 is 14.8 Å². The summed E-state index contributed by atoms with van der Waals surface area (Å²) in [5.74, 6) is 0.269. The molecule has 1 amide bonds. The Morgan fingerprint density at radius 2 is 1.68 bits per heavy atom. The molecule has 0 aliphatic carbocycles. The molecule has 8 heteroatoms. The number of benzene rings is 1. The maximum absolute atomic E-state index is 12.1. The maximum Gasteiger partial charge on any atom is 0.236 e. The molecule has 0 aliphatic rings. The van der Waals surface area contributed by atoms with Gasteiger partial charge in [0.05, 0.1) is 26.7 Å². The summed E-state index contributed by atoms with van der Waals surface area (Å²) < 4.78 is 10.0. The Morgan fingerprint density at radius 1 is 1.14 bits per heavy atom. The summed E-state index contributed by atoms with van der Waals surface area (Å²) >= 11 is 12.1. The molecule has 1 aromatic carbocycles. The summed E-state index contributed by atoms with van der Waals surface area (Å²) in [7, 11) is 2.91. The summed E-state index contributed by atoms with van der Waals surface area (Å²) in [6.07, 6.45) is 0.00138. The molecule has 116 valence electrons. The first-order valence-electron chi connectivity index (χ1n) is 6.23. The number of anilines is 1. The van der Waals surface area contributed by atoms with E-state index in [1.807, 2.05) is 0 Å². The molecule has 0 radical (unpaired) electrons. The van der Waals surface area contributed by atoms with Crippen molar-refractivity contribution in [1.82, 2.24) is 9.97 Å². The molecule has 0 aliphatic heterocycles. The van der Waals surface area contributed by atoms with E-state index in [2.05, 4.69) is 15.3 Å². The molecule has 2 aromatic rings. The molecule has 22 heavy (non-hydrogen) atoms. The highest BCUT2D eigenvalue weighted by molar-refractivity contribution is 6.36. The number of rotatable bonds is 5. The van der Waals surface area contributed by atoms with Crippen molar-refractivity contribution in [3.63, 3.8) is 0 Å². The summed E-state index contributed by atoms with van der Waals surface area (Å²) in [6.45, 7) is 0. The normalized spacial score (nSPS) is 10.2. The van der Waals surface area contributed by atoms with Crippen LogP contribution in [-0.4, -0.2) is 30.1 Å². The van der Waals surface area contributed by atoms with Crippen LogP contribution in [-0.2, 0) is 11.2 Å². The molecular formula is C14H13Cl2N3O3. The Morgan fingerprint density at radius 3 is 2.18 bits per heavy atom. The lowest BCUT2D eigenvalue weighted by atomic mass is 10.1. The van der Waals surface area contributed by atoms with Crippen molar-refractivity contribution >= 4 is 35.1 Å². The number of nitrogens with zero attached hydrogens (tertiary/aromatic N) is 2. The standard InChI is InChI=1S/C14H13Cl2N3O3/c1-21-12-7-13(22-2)19-14(18-12)17-11(20)6-8-9(15)4-3-5-10(8)16/h3-5,7H,6H2,1-2H3,(H,17,18,19,20). The number of carbonyl (C=O) groups is 1. The zero-order chi connectivity index (χ0) is 16.1. The Hall–Kier alpha value is -2.05. The third-order valence-electron chi connectivity index (χ3n) is 2.75. The number of methoxy groups -OCH3 is 2. The van der Waals surface area contributed by atoms with Gasteiger partial charge in [0.2, 0.25) is 23.6 Å². The third kappa shape index (κ3) is 3.99. The van der Waals surface area contributed by atoms with Crippen LogP contribution in [0.25, 0.3) is 0 Å². The van der Waals surface area contributed by atoms with E-state index in [0.717, 1.165) is 0 Å². The lowest BCUT2D eigenvalue weighted by Gasteiger charge is -2.09. The van der Waals surface area contributed by atoms with Crippen molar-refractivity contribution in [3.05, 3.63) is 39.9 Å². The van der Waals surface area contributed by atoms with Gasteiger partial charge < -0.3 is 9.47 Å². The maximum atomic E-state index is 12.1. The lowest BCUT2D eigenvalue weighted by Crippen LogP contribution is -2.17. The number of ether oxygens (including phenoxy) is 2. The van der Waals surface area contributed by atoms with E-state index in [-0.39, 0.29) is 30.0 Å². The van der Waals surface area contributed by atoms with Crippen LogP contribution in [0.5, 0.6) is 11.8 Å². The summed E-state index contributed by atoms with van der Waals surface area (Å²) in [4.78, 5) is 20.1. The third-order valence-corrected chi connectivity index (χ3v) is 3.46. The van der Waals surface area contributed by atoms with Crippen LogP contribution >= 0.6 is 23.2 Å². The Balaban J connectivity index is 2.15. The fourth-order valence-electron chi connectivity index (χ4n) is 1.70. The van der Waals surface area contributed by atoms with Gasteiger partial charge in [0, 0.05) is 10.0 Å². The van der Waals surface area contributed by atoms with E-state index >= 15 is 0 Å². The number of carbonyl (C=O) groups excluding carboxylic acids is 1. The predicted octanol–water partition coefficient (Wildman–Crippen LogP) is 2.98. The minimum Gasteiger partial charge on any atom is -0.481 e. The second kappa shape index (κ2) is 7.29. The second-order valence-electron chi connectivity index (χ2n) is 4.20. The van der Waals surface area contributed by atoms with Gasteiger partial charge in [-0.1, -0.05) is 29.3 Å². The van der Waals surface area contributed by atoms with E-state index in [1.165, 1.54) is 20.3 Å². The average molecular weight is 342 g/mol. The van der Waals surface area contributed by atoms with E-state index in [4.69, 9.17) is 32.7 Å². The molecule has 0 bridgehead atoms. The number of nitrogens with one attached hydrogen (secondary N) is 1. The largest absolute Gasteiger partial charge is 0.481 e. The number of aromatic nitrogens is 2. The van der Waals surface area contributed by atoms with Crippen molar-refractivity contribution < 1.29 is 14.3 Å². The molecule has 1 aromatic heterocycles. The molecule has 1 heterocycles. The van der Waals surface area contributed by atoms with E-state index in [1.54, 1.807) is 18.2 Å². The molecule has 1 N–H and O–H groups in total. The molecule has 0 saturated heterocycles. The predicted molar refractivity (Wildman–Crippen MR) is 83.9 cm³/mol. The summed E-state index contributed by atoms with van der Waals surface area (Å²) in [6, 6.07) is 6.55. The minimum atomic E-state index is -0.356. The number of hydrogen-bond acceptors (Lipinski definition) is 5. The van der Waals surface area contributed by atoms with Crippen LogP contribution in [0, 0.1) is 0 Å². The molecule has 0 saturated carbocycles. The van der Waals surface area contributed by atoms with Gasteiger partial charge in [-0.2, -0.15) is 9.97 Å². The zero-order valence-electron chi connectivity index (χ0n) is 11.9. The fourth-order valence-corrected chi connectivity index (χ4v) is 2.23. The zero-order valence-corrected chi connectivity index (χ0v) is 13.4. The first kappa shape index (κ1) is 16.3. The smallest absolute Gasteiger partial charge is 0.236 e. The number of amides is 1. The Labute approximate surface area is 137 Å². The van der Waals surface area contributed by atoms with Crippen LogP contribution in [0.3, 0.4) is 0 Å². The Kier molecular flexibility index (Phi) is 5.41. The van der Waals surface area contributed by atoms with Crippen molar-refractivity contribution in [1.29, 1.82) is 0 Å². The quantitative estimate of drug-likeness (QED) is 0.904. The first-order valence-corrected chi connectivity index (χ1v) is 6.99. The highest BCUT2D eigenvalue weighted by atomic mass is 35.5. The van der Waals surface area contributed by atoms with E-state index in [0.29, 0.717) is 15.6 Å². The molecule has 0 spiro atoms. The molecule has 0 unspecified atom stereocenters. The highest BCUT2D eigenvalue weighted by Gasteiger charge is 2.13. The van der Waals surface area contributed by atoms with Gasteiger partial charge >= 0.3 is 0 Å². The second-order valence-corrected chi connectivity index (χ2v) is 5.02. The lowest BCUT2D eigenvalue weighted by molar-refractivity contribution is -0.115. The van der Waals surface area contributed by atoms with Crippen LogP contribution in [0.2, 0.25) is 10.0 Å². The molecule has 0 fully saturated rings. The molecule has 6 nitrogen and oxygen atoms in total. The first-order chi connectivity index (χ1) is 10.5. The highest BCUT2D eigenvalue weighted by Crippen LogP contribution is 2.25. The van der Waals surface area contributed by atoms with Gasteiger partial charge in [-0.25, -0.2) is 0 Å². The summed E-state index contributed by atoms with van der Waals surface area (Å²) in [5, 5.41) is 3.40. The molecule has 2 rings (SSSR count). The monoisotopic (exact) mass is 341 g/mol.